The van der Waals surface area contributed by atoms with Crippen LogP contribution >= 0.6 is 0 Å². The fourth-order valence-electron chi connectivity index (χ4n) is 3.77. The van der Waals surface area contributed by atoms with E-state index in [0.29, 0.717) is 29.5 Å². The van der Waals surface area contributed by atoms with Crippen molar-refractivity contribution in [2.24, 2.45) is 0 Å². The van der Waals surface area contributed by atoms with Crippen LogP contribution in [0.1, 0.15) is 58.2 Å². The largest absolute Gasteiger partial charge is 0.444 e. The Kier molecular flexibility index (Phi) is 9.50. The number of carbonyl (C=O) groups excluding carboxylic acids is 2. The average Bonchev–Trinajstić information content (AvgIpc) is 3.28. The highest BCUT2D eigenvalue weighted by Crippen LogP contribution is 2.25. The smallest absolute Gasteiger partial charge is 0.407 e. The molecule has 0 unspecified atom stereocenters. The molecule has 0 aliphatic heterocycles. The van der Waals surface area contributed by atoms with E-state index < -0.39 is 51.2 Å². The van der Waals surface area contributed by atoms with Gasteiger partial charge in [-0.15, -0.1) is 0 Å². The summed E-state index contributed by atoms with van der Waals surface area (Å²) in [6.07, 6.45) is -1.31. The minimum atomic E-state index is -4.15. The van der Waals surface area contributed by atoms with Crippen molar-refractivity contribution in [1.82, 2.24) is 15.2 Å². The van der Waals surface area contributed by atoms with Crippen LogP contribution in [0.15, 0.2) is 59.0 Å². The maximum absolute atomic E-state index is 13.8. The molecule has 1 heterocycles. The lowest BCUT2D eigenvalue weighted by Crippen LogP contribution is -2.51. The van der Waals surface area contributed by atoms with Crippen LogP contribution < -0.4 is 5.32 Å². The van der Waals surface area contributed by atoms with Crippen molar-refractivity contribution in [1.29, 1.82) is 0 Å². The number of aliphatic hydroxyl groups is 1. The zero-order valence-corrected chi connectivity index (χ0v) is 22.9. The van der Waals surface area contributed by atoms with Gasteiger partial charge in [0.15, 0.2) is 20.7 Å². The molecule has 0 fully saturated rings. The molecule has 38 heavy (non-hydrogen) atoms. The highest BCUT2D eigenvalue weighted by Gasteiger charge is 2.39. The number of oxazole rings is 1. The van der Waals surface area contributed by atoms with E-state index in [1.165, 1.54) is 0 Å². The van der Waals surface area contributed by atoms with Crippen LogP contribution in [-0.4, -0.2) is 59.3 Å². The van der Waals surface area contributed by atoms with Crippen LogP contribution in [0.25, 0.3) is 11.1 Å². The number of aliphatic hydroxyl groups excluding tert-OH is 1. The number of hydrogen-bond acceptors (Lipinski definition) is 8. The molecule has 2 aromatic carbocycles. The first-order valence-corrected chi connectivity index (χ1v) is 14.2. The van der Waals surface area contributed by atoms with Crippen molar-refractivity contribution in [2.45, 2.75) is 63.4 Å². The number of fused-ring (bicyclic) bond motifs is 1. The molecule has 10 nitrogen and oxygen atoms in total. The second-order valence-electron chi connectivity index (χ2n) is 9.94. The molecule has 2 N–H and O–H groups in total. The van der Waals surface area contributed by atoms with E-state index in [1.54, 1.807) is 75.4 Å². The highest BCUT2D eigenvalue weighted by molar-refractivity contribution is 7.92. The van der Waals surface area contributed by atoms with E-state index in [1.807, 2.05) is 6.92 Å². The summed E-state index contributed by atoms with van der Waals surface area (Å²) in [6, 6.07) is 15.3. The Balaban J connectivity index is 1.94. The number of nitrogens with zero attached hydrogens (tertiary/aromatic N) is 2. The lowest BCUT2D eigenvalue weighted by molar-refractivity contribution is -0.143. The zero-order valence-electron chi connectivity index (χ0n) is 22.1. The van der Waals surface area contributed by atoms with Crippen LogP contribution in [-0.2, 0) is 25.1 Å². The SMILES string of the molecule is CCCCN(C(=O)[C@@H](CNC(=O)OC(C)(C)C)S(=O)(=O)Cc1ccccc1)[C@@H](O)c1nc2ccccc2o1. The van der Waals surface area contributed by atoms with Gasteiger partial charge in [-0.2, -0.15) is 0 Å². The average molecular weight is 546 g/mol. The van der Waals surface area contributed by atoms with Gasteiger partial charge in [0.1, 0.15) is 11.1 Å². The number of sulfone groups is 1. The summed E-state index contributed by atoms with van der Waals surface area (Å²) < 4.78 is 38.0. The molecule has 0 bridgehead atoms. The molecule has 0 aliphatic carbocycles. The van der Waals surface area contributed by atoms with Crippen molar-refractivity contribution >= 4 is 32.9 Å². The predicted octanol–water partition coefficient (Wildman–Crippen LogP) is 3.96. The van der Waals surface area contributed by atoms with E-state index in [0.717, 1.165) is 4.90 Å². The van der Waals surface area contributed by atoms with Crippen molar-refractivity contribution in [2.75, 3.05) is 13.1 Å². The molecule has 0 aliphatic rings. The van der Waals surface area contributed by atoms with Gasteiger partial charge in [0, 0.05) is 13.1 Å². The van der Waals surface area contributed by atoms with Crippen molar-refractivity contribution in [3.8, 4) is 0 Å². The molecular formula is C27H35N3O7S. The predicted molar refractivity (Wildman–Crippen MR) is 143 cm³/mol. The molecule has 3 rings (SSSR count). The van der Waals surface area contributed by atoms with Gasteiger partial charge in [0.25, 0.3) is 0 Å². The fraction of sp³-hybridized carbons (Fsp3) is 0.444. The minimum Gasteiger partial charge on any atom is -0.444 e. The van der Waals surface area contributed by atoms with Crippen LogP contribution in [0.5, 0.6) is 0 Å². The van der Waals surface area contributed by atoms with E-state index in [-0.39, 0.29) is 12.4 Å². The van der Waals surface area contributed by atoms with E-state index >= 15 is 0 Å². The number of unbranched alkanes of at least 4 members (excludes halogenated alkanes) is 1. The van der Waals surface area contributed by atoms with E-state index in [2.05, 4.69) is 10.3 Å². The first kappa shape index (κ1) is 29.1. The molecule has 0 radical (unpaired) electrons. The number of alkyl carbamates (subject to hydrolysis) is 1. The number of benzene rings is 2. The second kappa shape index (κ2) is 12.4. The Hall–Kier alpha value is -3.44. The van der Waals surface area contributed by atoms with Gasteiger partial charge in [-0.25, -0.2) is 18.2 Å². The molecule has 0 saturated carbocycles. The number of para-hydroxylation sites is 2. The number of aromatic nitrogens is 1. The first-order chi connectivity index (χ1) is 17.9. The standard InChI is InChI=1S/C27H35N3O7S/c1-5-6-16-30(25(32)23-29-20-14-10-11-15-21(20)36-23)24(31)22(17-28-26(33)37-27(2,3)4)38(34,35)18-19-12-8-7-9-13-19/h7-15,22,25,32H,5-6,16-18H2,1-4H3,(H,28,33)/t22-,25+/m1/s1. The summed E-state index contributed by atoms with van der Waals surface area (Å²) in [5, 5.41) is 11.9. The van der Waals surface area contributed by atoms with Gasteiger partial charge >= 0.3 is 6.09 Å². The highest BCUT2D eigenvalue weighted by atomic mass is 32.2. The van der Waals surface area contributed by atoms with E-state index in [4.69, 9.17) is 9.15 Å². The number of nitrogens with one attached hydrogen (secondary N) is 1. The summed E-state index contributed by atoms with van der Waals surface area (Å²) in [5.41, 5.74) is 0.582. The maximum atomic E-state index is 13.8. The van der Waals surface area contributed by atoms with E-state index in [9.17, 15) is 23.1 Å². The molecule has 206 valence electrons. The molecule has 2 atom stereocenters. The molecule has 1 aromatic heterocycles. The van der Waals surface area contributed by atoms with Crippen LogP contribution in [0, 0.1) is 0 Å². The number of carbonyl (C=O) groups is 2. The van der Waals surface area contributed by atoms with Gasteiger partial charge in [0.05, 0.1) is 5.75 Å². The summed E-state index contributed by atoms with van der Waals surface area (Å²) in [4.78, 5) is 31.5. The monoisotopic (exact) mass is 545 g/mol. The molecular weight excluding hydrogens is 510 g/mol. The van der Waals surface area contributed by atoms with Crippen LogP contribution in [0.4, 0.5) is 4.79 Å². The Labute approximate surface area is 222 Å². The van der Waals surface area contributed by atoms with Gasteiger partial charge < -0.3 is 24.5 Å². The lowest BCUT2D eigenvalue weighted by atomic mass is 10.2. The third-order valence-corrected chi connectivity index (χ3v) is 7.58. The quantitative estimate of drug-likeness (QED) is 0.345. The summed E-state index contributed by atoms with van der Waals surface area (Å²) in [5.74, 6) is -1.43. The number of hydrogen-bond donors (Lipinski definition) is 2. The summed E-state index contributed by atoms with van der Waals surface area (Å²) >= 11 is 0. The normalized spacial score (nSPS) is 13.6. The first-order valence-electron chi connectivity index (χ1n) is 12.5. The Morgan fingerprint density at radius 2 is 1.76 bits per heavy atom. The summed E-state index contributed by atoms with van der Waals surface area (Å²) in [7, 11) is -4.15. The third kappa shape index (κ3) is 7.78. The van der Waals surface area contributed by atoms with Crippen LogP contribution in [0.3, 0.4) is 0 Å². The molecule has 0 spiro atoms. The molecule has 11 heteroatoms. The Bertz CT molecular complexity index is 1300. The van der Waals surface area contributed by atoms with Crippen molar-refractivity contribution in [3.63, 3.8) is 0 Å². The van der Waals surface area contributed by atoms with Crippen LogP contribution in [0.2, 0.25) is 0 Å². The summed E-state index contributed by atoms with van der Waals surface area (Å²) in [6.45, 7) is 6.44. The molecule has 0 saturated heterocycles. The number of amides is 2. The number of ether oxygens (including phenoxy) is 1. The maximum Gasteiger partial charge on any atom is 0.407 e. The Morgan fingerprint density at radius 1 is 1.11 bits per heavy atom. The Morgan fingerprint density at radius 3 is 2.39 bits per heavy atom. The van der Waals surface area contributed by atoms with Gasteiger partial charge in [-0.3, -0.25) is 4.79 Å². The topological polar surface area (TPSA) is 139 Å². The molecule has 2 amide bonds. The lowest BCUT2D eigenvalue weighted by Gasteiger charge is -2.30. The third-order valence-electron chi connectivity index (χ3n) is 5.61. The van der Waals surface area contributed by atoms with Gasteiger partial charge in [0.2, 0.25) is 18.0 Å². The minimum absolute atomic E-state index is 0.0546. The second-order valence-corrected chi connectivity index (χ2v) is 12.1. The number of rotatable bonds is 11. The fourth-order valence-corrected chi connectivity index (χ4v) is 5.40. The van der Waals surface area contributed by atoms with Gasteiger partial charge in [-0.1, -0.05) is 55.8 Å². The van der Waals surface area contributed by atoms with Crippen molar-refractivity contribution in [3.05, 3.63) is 66.1 Å². The van der Waals surface area contributed by atoms with Crippen molar-refractivity contribution < 1.29 is 32.3 Å². The van der Waals surface area contributed by atoms with Gasteiger partial charge in [-0.05, 0) is 44.9 Å². The zero-order chi connectivity index (χ0) is 27.9. The molecule has 3 aromatic rings.